The Morgan fingerprint density at radius 3 is 2.58 bits per heavy atom. The molecule has 0 saturated heterocycles. The molecule has 0 radical (unpaired) electrons. The Balaban J connectivity index is 2.56. The van der Waals surface area contributed by atoms with E-state index >= 15 is 0 Å². The van der Waals surface area contributed by atoms with Crippen LogP contribution in [0.3, 0.4) is 0 Å². The van der Waals surface area contributed by atoms with Gasteiger partial charge >= 0.3 is 6.09 Å². The first kappa shape index (κ1) is 16.3. The van der Waals surface area contributed by atoms with E-state index in [0.717, 1.165) is 19.4 Å². The average molecular weight is 270 g/mol. The molecule has 1 saturated carbocycles. The molecule has 4 nitrogen and oxygen atoms in total. The van der Waals surface area contributed by atoms with Gasteiger partial charge in [0.25, 0.3) is 0 Å². The zero-order chi connectivity index (χ0) is 14.6. The molecule has 19 heavy (non-hydrogen) atoms. The van der Waals surface area contributed by atoms with Crippen molar-refractivity contribution in [3.8, 4) is 0 Å². The molecule has 3 unspecified atom stereocenters. The van der Waals surface area contributed by atoms with E-state index in [1.807, 2.05) is 27.8 Å². The highest BCUT2D eigenvalue weighted by Gasteiger charge is 2.31. The molecule has 1 amide bonds. The maximum atomic E-state index is 12.1. The fraction of sp³-hybridized carbons (Fsp3) is 0.933. The van der Waals surface area contributed by atoms with Crippen molar-refractivity contribution in [2.45, 2.75) is 65.0 Å². The number of nitrogens with two attached hydrogens (primary N) is 1. The van der Waals surface area contributed by atoms with Crippen molar-refractivity contribution in [1.29, 1.82) is 0 Å². The first-order valence-electron chi connectivity index (χ1n) is 7.40. The molecule has 0 aromatic rings. The topological polar surface area (TPSA) is 55.6 Å². The van der Waals surface area contributed by atoms with Crippen molar-refractivity contribution in [3.05, 3.63) is 0 Å². The predicted molar refractivity (Wildman–Crippen MR) is 78.0 cm³/mol. The van der Waals surface area contributed by atoms with Gasteiger partial charge in [0.15, 0.2) is 0 Å². The molecule has 112 valence electrons. The van der Waals surface area contributed by atoms with Crippen LogP contribution < -0.4 is 5.73 Å². The Morgan fingerprint density at radius 1 is 1.42 bits per heavy atom. The normalized spacial score (nSPS) is 25.8. The van der Waals surface area contributed by atoms with Gasteiger partial charge in [0.2, 0.25) is 0 Å². The van der Waals surface area contributed by atoms with Crippen LogP contribution in [0.15, 0.2) is 0 Å². The van der Waals surface area contributed by atoms with E-state index in [4.69, 9.17) is 10.5 Å². The standard InChI is InChI=1S/C15H30N2O2/c1-11(10-16)12-7-6-8-13(9-12)17(5)14(18)19-15(2,3)4/h11-13H,6-10,16H2,1-5H3. The van der Waals surface area contributed by atoms with E-state index in [9.17, 15) is 4.79 Å². The van der Waals surface area contributed by atoms with Crippen LogP contribution in [0.5, 0.6) is 0 Å². The summed E-state index contributed by atoms with van der Waals surface area (Å²) in [5.41, 5.74) is 5.34. The highest BCUT2D eigenvalue weighted by molar-refractivity contribution is 5.68. The minimum Gasteiger partial charge on any atom is -0.444 e. The maximum absolute atomic E-state index is 12.1. The number of carbonyl (C=O) groups is 1. The summed E-state index contributed by atoms with van der Waals surface area (Å²) in [5.74, 6) is 1.17. The van der Waals surface area contributed by atoms with E-state index in [1.54, 1.807) is 4.90 Å². The van der Waals surface area contributed by atoms with Crippen LogP contribution in [0.25, 0.3) is 0 Å². The van der Waals surface area contributed by atoms with Crippen molar-refractivity contribution in [1.82, 2.24) is 4.90 Å². The quantitative estimate of drug-likeness (QED) is 0.857. The fourth-order valence-corrected chi connectivity index (χ4v) is 2.74. The highest BCUT2D eigenvalue weighted by atomic mass is 16.6. The summed E-state index contributed by atoms with van der Waals surface area (Å²) >= 11 is 0. The molecule has 3 atom stereocenters. The lowest BCUT2D eigenvalue weighted by molar-refractivity contribution is 0.0148. The summed E-state index contributed by atoms with van der Waals surface area (Å²) in [6.07, 6.45) is 4.32. The van der Waals surface area contributed by atoms with Crippen molar-refractivity contribution in [2.75, 3.05) is 13.6 Å². The van der Waals surface area contributed by atoms with Gasteiger partial charge in [-0.3, -0.25) is 0 Å². The number of hydrogen-bond donors (Lipinski definition) is 1. The first-order chi connectivity index (χ1) is 8.74. The molecule has 1 aliphatic carbocycles. The maximum Gasteiger partial charge on any atom is 0.410 e. The monoisotopic (exact) mass is 270 g/mol. The van der Waals surface area contributed by atoms with Crippen molar-refractivity contribution in [3.63, 3.8) is 0 Å². The van der Waals surface area contributed by atoms with Gasteiger partial charge in [-0.25, -0.2) is 4.79 Å². The molecular formula is C15H30N2O2. The van der Waals surface area contributed by atoms with Gasteiger partial charge in [0.1, 0.15) is 5.60 Å². The summed E-state index contributed by atoms with van der Waals surface area (Å²) in [4.78, 5) is 13.9. The lowest BCUT2D eigenvalue weighted by Crippen LogP contribution is -2.44. The molecule has 0 spiro atoms. The van der Waals surface area contributed by atoms with Crippen molar-refractivity contribution >= 4 is 6.09 Å². The molecule has 4 heteroatoms. The van der Waals surface area contributed by atoms with Crippen LogP contribution in [0, 0.1) is 11.8 Å². The molecule has 0 bridgehead atoms. The molecule has 1 rings (SSSR count). The third kappa shape index (κ3) is 5.01. The van der Waals surface area contributed by atoms with E-state index in [1.165, 1.54) is 12.8 Å². The lowest BCUT2D eigenvalue weighted by atomic mass is 9.78. The van der Waals surface area contributed by atoms with Crippen LogP contribution in [0.2, 0.25) is 0 Å². The second-order valence-corrected chi connectivity index (χ2v) is 6.88. The Morgan fingerprint density at radius 2 is 2.05 bits per heavy atom. The lowest BCUT2D eigenvalue weighted by Gasteiger charge is -2.38. The molecule has 2 N–H and O–H groups in total. The van der Waals surface area contributed by atoms with Crippen LogP contribution in [0.1, 0.15) is 53.4 Å². The molecule has 0 aliphatic heterocycles. The van der Waals surface area contributed by atoms with Crippen molar-refractivity contribution in [2.24, 2.45) is 17.6 Å². The van der Waals surface area contributed by atoms with Crippen LogP contribution >= 0.6 is 0 Å². The van der Waals surface area contributed by atoms with Gasteiger partial charge in [-0.05, 0) is 58.4 Å². The van der Waals surface area contributed by atoms with E-state index in [0.29, 0.717) is 17.9 Å². The Labute approximate surface area is 117 Å². The van der Waals surface area contributed by atoms with Gasteiger partial charge in [-0.1, -0.05) is 13.3 Å². The second-order valence-electron chi connectivity index (χ2n) is 6.88. The van der Waals surface area contributed by atoms with Gasteiger partial charge in [0.05, 0.1) is 0 Å². The number of ether oxygens (including phenoxy) is 1. The van der Waals surface area contributed by atoms with E-state index in [2.05, 4.69) is 6.92 Å². The number of rotatable bonds is 3. The predicted octanol–water partition coefficient (Wildman–Crippen LogP) is 3.01. The summed E-state index contributed by atoms with van der Waals surface area (Å²) in [6, 6.07) is 0.294. The Bertz CT molecular complexity index is 299. The molecule has 0 aromatic heterocycles. The minimum absolute atomic E-state index is 0.210. The molecule has 1 fully saturated rings. The average Bonchev–Trinajstić information content (AvgIpc) is 2.35. The molecule has 0 heterocycles. The molecular weight excluding hydrogens is 240 g/mol. The van der Waals surface area contributed by atoms with Gasteiger partial charge in [0, 0.05) is 13.1 Å². The molecule has 1 aliphatic rings. The summed E-state index contributed by atoms with van der Waals surface area (Å²) < 4.78 is 5.44. The van der Waals surface area contributed by atoms with Crippen molar-refractivity contribution < 1.29 is 9.53 Å². The number of carbonyl (C=O) groups excluding carboxylic acids is 1. The van der Waals surface area contributed by atoms with Gasteiger partial charge in [-0.15, -0.1) is 0 Å². The van der Waals surface area contributed by atoms with Crippen LogP contribution in [0.4, 0.5) is 4.79 Å². The summed E-state index contributed by atoms with van der Waals surface area (Å²) in [7, 11) is 1.86. The summed E-state index contributed by atoms with van der Waals surface area (Å²) in [5, 5.41) is 0. The van der Waals surface area contributed by atoms with Crippen LogP contribution in [-0.4, -0.2) is 36.2 Å². The van der Waals surface area contributed by atoms with E-state index < -0.39 is 5.60 Å². The van der Waals surface area contributed by atoms with E-state index in [-0.39, 0.29) is 6.09 Å². The SMILES string of the molecule is CC(CN)C1CCCC(N(C)C(=O)OC(C)(C)C)C1. The highest BCUT2D eigenvalue weighted by Crippen LogP contribution is 2.32. The van der Waals surface area contributed by atoms with Gasteiger partial charge < -0.3 is 15.4 Å². The number of amides is 1. The fourth-order valence-electron chi connectivity index (χ4n) is 2.74. The first-order valence-corrected chi connectivity index (χ1v) is 7.40. The minimum atomic E-state index is -0.427. The second kappa shape index (κ2) is 6.60. The Hall–Kier alpha value is -0.770. The third-order valence-corrected chi connectivity index (χ3v) is 4.09. The van der Waals surface area contributed by atoms with Gasteiger partial charge in [-0.2, -0.15) is 0 Å². The smallest absolute Gasteiger partial charge is 0.410 e. The number of hydrogen-bond acceptors (Lipinski definition) is 3. The zero-order valence-electron chi connectivity index (χ0n) is 13.1. The number of nitrogens with zero attached hydrogens (tertiary/aromatic N) is 1. The summed E-state index contributed by atoms with van der Waals surface area (Å²) in [6.45, 7) is 8.64. The largest absolute Gasteiger partial charge is 0.444 e. The molecule has 0 aromatic carbocycles. The Kier molecular flexibility index (Phi) is 5.65. The zero-order valence-corrected chi connectivity index (χ0v) is 13.1. The van der Waals surface area contributed by atoms with Crippen LogP contribution in [-0.2, 0) is 4.74 Å². The third-order valence-electron chi connectivity index (χ3n) is 4.09.